The average molecular weight is 279 g/mol. The van der Waals surface area contributed by atoms with Gasteiger partial charge in [-0.3, -0.25) is 0 Å². The molecule has 112 valence electrons. The fourth-order valence-corrected chi connectivity index (χ4v) is 3.66. The molecule has 20 heavy (non-hydrogen) atoms. The minimum absolute atomic E-state index is 0.0936. The Bertz CT molecular complexity index is 446. The second kappa shape index (κ2) is 6.23. The molecule has 1 saturated carbocycles. The molecule has 1 aliphatic rings. The summed E-state index contributed by atoms with van der Waals surface area (Å²) in [5.74, 6) is -0.404. The Balaban J connectivity index is 2.25. The van der Waals surface area contributed by atoms with E-state index in [1.165, 1.54) is 12.5 Å². The molecule has 1 aromatic rings. The van der Waals surface area contributed by atoms with Crippen LogP contribution in [0.5, 0.6) is 0 Å². The Hall–Kier alpha value is -0.930. The third-order valence-electron chi connectivity index (χ3n) is 4.97. The van der Waals surface area contributed by atoms with Crippen LogP contribution in [-0.2, 0) is 0 Å². The monoisotopic (exact) mass is 279 g/mol. The van der Waals surface area contributed by atoms with Gasteiger partial charge < -0.3 is 10.8 Å². The van der Waals surface area contributed by atoms with Crippen LogP contribution in [0.4, 0.5) is 4.39 Å². The van der Waals surface area contributed by atoms with Gasteiger partial charge in [-0.1, -0.05) is 44.9 Å². The first-order valence-corrected chi connectivity index (χ1v) is 7.60. The fraction of sp³-hybridized carbons (Fsp3) is 0.647. The Morgan fingerprint density at radius 3 is 2.65 bits per heavy atom. The van der Waals surface area contributed by atoms with Crippen molar-refractivity contribution in [2.75, 3.05) is 6.54 Å². The molecule has 0 spiro atoms. The quantitative estimate of drug-likeness (QED) is 0.886. The van der Waals surface area contributed by atoms with Gasteiger partial charge in [0, 0.05) is 12.5 Å². The maximum atomic E-state index is 14.0. The zero-order chi connectivity index (χ0) is 14.8. The van der Waals surface area contributed by atoms with Gasteiger partial charge in [0.05, 0.1) is 6.10 Å². The highest BCUT2D eigenvalue weighted by Crippen LogP contribution is 2.45. The first-order valence-electron chi connectivity index (χ1n) is 7.60. The van der Waals surface area contributed by atoms with Crippen molar-refractivity contribution in [2.45, 2.75) is 51.6 Å². The lowest BCUT2D eigenvalue weighted by molar-refractivity contribution is -0.00952. The fourth-order valence-electron chi connectivity index (χ4n) is 3.66. The van der Waals surface area contributed by atoms with E-state index >= 15 is 0 Å². The number of benzene rings is 1. The van der Waals surface area contributed by atoms with E-state index in [0.717, 1.165) is 19.3 Å². The zero-order valence-electron chi connectivity index (χ0n) is 12.5. The molecule has 0 heterocycles. The summed E-state index contributed by atoms with van der Waals surface area (Å²) in [6.07, 6.45) is 3.89. The molecule has 3 N–H and O–H groups in total. The number of aliphatic hydroxyl groups is 1. The summed E-state index contributed by atoms with van der Waals surface area (Å²) in [4.78, 5) is 0. The lowest BCUT2D eigenvalue weighted by Gasteiger charge is -2.43. The molecule has 3 unspecified atom stereocenters. The van der Waals surface area contributed by atoms with Crippen LogP contribution in [0.3, 0.4) is 0 Å². The highest BCUT2D eigenvalue weighted by atomic mass is 19.1. The predicted octanol–water partition coefficient (Wildman–Crippen LogP) is 3.45. The molecule has 2 rings (SSSR count). The third kappa shape index (κ3) is 3.04. The van der Waals surface area contributed by atoms with E-state index in [9.17, 15) is 9.50 Å². The van der Waals surface area contributed by atoms with Gasteiger partial charge in [0.1, 0.15) is 5.82 Å². The summed E-state index contributed by atoms with van der Waals surface area (Å²) >= 11 is 0. The minimum Gasteiger partial charge on any atom is -0.392 e. The standard InChI is InChI=1S/C17H26FNO/c1-17(2)10-6-5-8-14(17)16(20)13(11-19)12-7-3-4-9-15(12)18/h3-4,7,9,13-14,16,20H,5-6,8,10-11,19H2,1-2H3. The second-order valence-corrected chi connectivity index (χ2v) is 6.70. The molecule has 2 nitrogen and oxygen atoms in total. The molecule has 0 amide bonds. The average Bonchev–Trinajstić information content (AvgIpc) is 2.41. The predicted molar refractivity (Wildman–Crippen MR) is 79.9 cm³/mol. The molecule has 0 radical (unpaired) electrons. The SMILES string of the molecule is CC1(C)CCCCC1C(O)C(CN)c1ccccc1F. The van der Waals surface area contributed by atoms with Crippen LogP contribution in [0.15, 0.2) is 24.3 Å². The van der Waals surface area contributed by atoms with Crippen LogP contribution < -0.4 is 5.73 Å². The van der Waals surface area contributed by atoms with Crippen molar-refractivity contribution in [3.63, 3.8) is 0 Å². The van der Waals surface area contributed by atoms with Gasteiger partial charge in [0.15, 0.2) is 0 Å². The molecule has 0 saturated heterocycles. The van der Waals surface area contributed by atoms with E-state index in [-0.39, 0.29) is 29.6 Å². The van der Waals surface area contributed by atoms with Crippen molar-refractivity contribution in [1.29, 1.82) is 0 Å². The second-order valence-electron chi connectivity index (χ2n) is 6.70. The van der Waals surface area contributed by atoms with Gasteiger partial charge in [-0.25, -0.2) is 4.39 Å². The van der Waals surface area contributed by atoms with Crippen LogP contribution >= 0.6 is 0 Å². The lowest BCUT2D eigenvalue weighted by Crippen LogP contribution is -2.42. The Morgan fingerprint density at radius 2 is 2.05 bits per heavy atom. The van der Waals surface area contributed by atoms with E-state index in [1.54, 1.807) is 18.2 Å². The summed E-state index contributed by atoms with van der Waals surface area (Å²) in [5.41, 5.74) is 6.48. The number of hydrogen-bond donors (Lipinski definition) is 2. The third-order valence-corrected chi connectivity index (χ3v) is 4.97. The van der Waals surface area contributed by atoms with Gasteiger partial charge in [-0.2, -0.15) is 0 Å². The first-order chi connectivity index (χ1) is 9.47. The minimum atomic E-state index is -0.577. The Morgan fingerprint density at radius 1 is 1.35 bits per heavy atom. The van der Waals surface area contributed by atoms with Gasteiger partial charge in [0.2, 0.25) is 0 Å². The van der Waals surface area contributed by atoms with Gasteiger partial charge >= 0.3 is 0 Å². The van der Waals surface area contributed by atoms with E-state index < -0.39 is 6.10 Å². The summed E-state index contributed by atoms with van der Waals surface area (Å²) < 4.78 is 14.0. The molecule has 3 atom stereocenters. The van der Waals surface area contributed by atoms with E-state index in [4.69, 9.17) is 5.73 Å². The highest BCUT2D eigenvalue weighted by molar-refractivity contribution is 5.24. The zero-order valence-corrected chi connectivity index (χ0v) is 12.5. The van der Waals surface area contributed by atoms with Crippen LogP contribution in [0.1, 0.15) is 51.0 Å². The molecular weight excluding hydrogens is 253 g/mol. The number of aliphatic hydroxyl groups excluding tert-OH is 1. The van der Waals surface area contributed by atoms with E-state index in [0.29, 0.717) is 5.56 Å². The van der Waals surface area contributed by atoms with Crippen molar-refractivity contribution < 1.29 is 9.50 Å². The topological polar surface area (TPSA) is 46.2 Å². The molecule has 0 aromatic heterocycles. The lowest BCUT2D eigenvalue weighted by atomic mass is 9.64. The first kappa shape index (κ1) is 15.5. The molecule has 1 aromatic carbocycles. The van der Waals surface area contributed by atoms with Crippen LogP contribution in [0.25, 0.3) is 0 Å². The van der Waals surface area contributed by atoms with Crippen LogP contribution in [0, 0.1) is 17.2 Å². The van der Waals surface area contributed by atoms with E-state index in [2.05, 4.69) is 13.8 Å². The van der Waals surface area contributed by atoms with Crippen molar-refractivity contribution in [2.24, 2.45) is 17.1 Å². The Labute approximate surface area is 121 Å². The Kier molecular flexibility index (Phi) is 4.82. The number of rotatable bonds is 4. The summed E-state index contributed by atoms with van der Waals surface area (Å²) in [6, 6.07) is 6.66. The maximum absolute atomic E-state index is 14.0. The highest BCUT2D eigenvalue weighted by Gasteiger charge is 2.40. The van der Waals surface area contributed by atoms with E-state index in [1.807, 2.05) is 0 Å². The number of nitrogens with two attached hydrogens (primary N) is 1. The molecular formula is C17H26FNO. The smallest absolute Gasteiger partial charge is 0.126 e. The van der Waals surface area contributed by atoms with Crippen molar-refractivity contribution >= 4 is 0 Å². The van der Waals surface area contributed by atoms with Crippen molar-refractivity contribution in [3.8, 4) is 0 Å². The number of halogens is 1. The van der Waals surface area contributed by atoms with Crippen molar-refractivity contribution in [3.05, 3.63) is 35.6 Å². The van der Waals surface area contributed by atoms with Gasteiger partial charge in [-0.05, 0) is 35.8 Å². The number of hydrogen-bond acceptors (Lipinski definition) is 2. The summed E-state index contributed by atoms with van der Waals surface area (Å²) in [7, 11) is 0. The molecule has 0 aliphatic heterocycles. The van der Waals surface area contributed by atoms with Crippen LogP contribution in [0.2, 0.25) is 0 Å². The summed E-state index contributed by atoms with van der Waals surface area (Å²) in [6.45, 7) is 4.68. The maximum Gasteiger partial charge on any atom is 0.126 e. The van der Waals surface area contributed by atoms with Gasteiger partial charge in [-0.15, -0.1) is 0 Å². The largest absolute Gasteiger partial charge is 0.392 e. The van der Waals surface area contributed by atoms with Crippen molar-refractivity contribution in [1.82, 2.24) is 0 Å². The molecule has 1 fully saturated rings. The summed E-state index contributed by atoms with van der Waals surface area (Å²) in [5, 5.41) is 10.8. The van der Waals surface area contributed by atoms with Gasteiger partial charge in [0.25, 0.3) is 0 Å². The molecule has 1 aliphatic carbocycles. The molecule has 3 heteroatoms. The normalized spacial score (nSPS) is 25.1. The van der Waals surface area contributed by atoms with Crippen LogP contribution in [-0.4, -0.2) is 17.8 Å². The molecule has 0 bridgehead atoms.